The number of hydrogen-bond acceptors (Lipinski definition) is 4. The molecule has 0 radical (unpaired) electrons. The highest BCUT2D eigenvalue weighted by molar-refractivity contribution is 6.32. The van der Waals surface area contributed by atoms with Crippen molar-refractivity contribution >= 4 is 28.4 Å². The molecule has 1 aromatic heterocycles. The summed E-state index contributed by atoms with van der Waals surface area (Å²) in [4.78, 5) is 13.7. The molecule has 0 saturated carbocycles. The Bertz CT molecular complexity index is 851. The fourth-order valence-electron chi connectivity index (χ4n) is 1.89. The van der Waals surface area contributed by atoms with Crippen LogP contribution in [0.25, 0.3) is 11.1 Å². The fourth-order valence-corrected chi connectivity index (χ4v) is 2.04. The van der Waals surface area contributed by atoms with Crippen LogP contribution in [-0.2, 0) is 0 Å². The SMILES string of the molecule is Cc1ccc(Cl)c(Oc2cc3[nH]c(=O)oc3cc2N)c1. The van der Waals surface area contributed by atoms with Crippen molar-refractivity contribution in [1.82, 2.24) is 4.98 Å². The minimum Gasteiger partial charge on any atom is -0.454 e. The summed E-state index contributed by atoms with van der Waals surface area (Å²) in [5.41, 5.74) is 8.16. The first-order valence-corrected chi connectivity index (χ1v) is 6.27. The van der Waals surface area contributed by atoms with Crippen molar-refractivity contribution in [3.8, 4) is 11.5 Å². The standard InChI is InChI=1S/C14H11ClN2O3/c1-7-2-3-8(15)11(4-7)19-12-6-10-13(5-9(12)16)20-14(18)17-10/h2-6H,16H2,1H3,(H,17,18). The predicted octanol–water partition coefficient (Wildman–Crippen LogP) is 3.46. The first-order valence-electron chi connectivity index (χ1n) is 5.89. The highest BCUT2D eigenvalue weighted by Crippen LogP contribution is 2.34. The van der Waals surface area contributed by atoms with E-state index < -0.39 is 5.76 Å². The topological polar surface area (TPSA) is 81.2 Å². The summed E-state index contributed by atoms with van der Waals surface area (Å²) in [5.74, 6) is 0.371. The number of benzene rings is 2. The Balaban J connectivity index is 2.07. The van der Waals surface area contributed by atoms with Gasteiger partial charge in [0, 0.05) is 12.1 Å². The van der Waals surface area contributed by atoms with Gasteiger partial charge in [0.25, 0.3) is 0 Å². The molecule has 0 aliphatic carbocycles. The molecule has 5 nitrogen and oxygen atoms in total. The fraction of sp³-hybridized carbons (Fsp3) is 0.0714. The molecule has 6 heteroatoms. The van der Waals surface area contributed by atoms with Crippen molar-refractivity contribution in [1.29, 1.82) is 0 Å². The molecule has 3 aromatic rings. The van der Waals surface area contributed by atoms with Crippen molar-refractivity contribution in [2.75, 3.05) is 5.73 Å². The number of oxazole rings is 1. The van der Waals surface area contributed by atoms with E-state index in [9.17, 15) is 4.79 Å². The summed E-state index contributed by atoms with van der Waals surface area (Å²) in [6.45, 7) is 1.93. The number of hydrogen-bond donors (Lipinski definition) is 2. The van der Waals surface area contributed by atoms with Gasteiger partial charge in [-0.15, -0.1) is 0 Å². The van der Waals surface area contributed by atoms with Gasteiger partial charge < -0.3 is 14.9 Å². The van der Waals surface area contributed by atoms with Crippen LogP contribution in [-0.4, -0.2) is 4.98 Å². The largest absolute Gasteiger partial charge is 0.454 e. The van der Waals surface area contributed by atoms with Crippen LogP contribution in [0, 0.1) is 6.92 Å². The van der Waals surface area contributed by atoms with Crippen LogP contribution in [0.5, 0.6) is 11.5 Å². The molecule has 2 aromatic carbocycles. The number of rotatable bonds is 2. The summed E-state index contributed by atoms with van der Waals surface area (Å²) < 4.78 is 10.6. The number of nitrogen functional groups attached to an aromatic ring is 1. The molecule has 3 rings (SSSR count). The van der Waals surface area contributed by atoms with Crippen molar-refractivity contribution in [2.45, 2.75) is 6.92 Å². The molecular formula is C14H11ClN2O3. The zero-order valence-corrected chi connectivity index (χ0v) is 11.3. The Morgan fingerprint density at radius 2 is 2.05 bits per heavy atom. The van der Waals surface area contributed by atoms with Crippen LogP contribution >= 0.6 is 11.6 Å². The molecule has 0 atom stereocenters. The van der Waals surface area contributed by atoms with Gasteiger partial charge in [-0.3, -0.25) is 4.98 Å². The summed E-state index contributed by atoms with van der Waals surface area (Å²) in [7, 11) is 0. The molecule has 0 saturated heterocycles. The number of H-pyrrole nitrogens is 1. The van der Waals surface area contributed by atoms with Gasteiger partial charge in [0.1, 0.15) is 5.75 Å². The molecule has 0 unspecified atom stereocenters. The summed E-state index contributed by atoms with van der Waals surface area (Å²) in [6.07, 6.45) is 0. The van der Waals surface area contributed by atoms with E-state index in [2.05, 4.69) is 4.98 Å². The quantitative estimate of drug-likeness (QED) is 0.708. The predicted molar refractivity (Wildman–Crippen MR) is 77.5 cm³/mol. The van der Waals surface area contributed by atoms with E-state index in [-0.39, 0.29) is 0 Å². The number of nitrogens with one attached hydrogen (secondary N) is 1. The van der Waals surface area contributed by atoms with Gasteiger partial charge in [-0.2, -0.15) is 0 Å². The molecule has 20 heavy (non-hydrogen) atoms. The second kappa shape index (κ2) is 4.61. The smallest absolute Gasteiger partial charge is 0.417 e. The average molecular weight is 291 g/mol. The molecule has 0 fully saturated rings. The summed E-state index contributed by atoms with van der Waals surface area (Å²) in [5, 5.41) is 0.482. The molecule has 0 aliphatic heterocycles. The van der Waals surface area contributed by atoms with Gasteiger partial charge in [0.2, 0.25) is 0 Å². The van der Waals surface area contributed by atoms with Crippen molar-refractivity contribution in [3.63, 3.8) is 0 Å². The second-order valence-electron chi connectivity index (χ2n) is 4.44. The number of aryl methyl sites for hydroxylation is 1. The van der Waals surface area contributed by atoms with Crippen LogP contribution in [0.1, 0.15) is 5.56 Å². The molecular weight excluding hydrogens is 280 g/mol. The first-order chi connectivity index (χ1) is 9.52. The Labute approximate surface area is 118 Å². The maximum atomic E-state index is 11.1. The zero-order valence-electron chi connectivity index (χ0n) is 10.6. The lowest BCUT2D eigenvalue weighted by atomic mass is 10.2. The zero-order chi connectivity index (χ0) is 14.3. The minimum absolute atomic E-state index is 0.359. The average Bonchev–Trinajstić information content (AvgIpc) is 2.73. The molecule has 0 aliphatic rings. The van der Waals surface area contributed by atoms with Gasteiger partial charge in [-0.05, 0) is 24.6 Å². The van der Waals surface area contributed by atoms with Gasteiger partial charge in [-0.1, -0.05) is 17.7 Å². The lowest BCUT2D eigenvalue weighted by Gasteiger charge is -2.10. The monoisotopic (exact) mass is 290 g/mol. The normalized spacial score (nSPS) is 10.9. The number of fused-ring (bicyclic) bond motifs is 1. The van der Waals surface area contributed by atoms with E-state index >= 15 is 0 Å². The first kappa shape index (κ1) is 12.6. The number of anilines is 1. The maximum Gasteiger partial charge on any atom is 0.417 e. The Hall–Kier alpha value is -2.40. The van der Waals surface area contributed by atoms with Crippen LogP contribution in [0.4, 0.5) is 5.69 Å². The van der Waals surface area contributed by atoms with Crippen LogP contribution < -0.4 is 16.2 Å². The van der Waals surface area contributed by atoms with E-state index in [1.54, 1.807) is 12.1 Å². The van der Waals surface area contributed by atoms with E-state index in [0.717, 1.165) is 5.56 Å². The van der Waals surface area contributed by atoms with Gasteiger partial charge >= 0.3 is 5.76 Å². The van der Waals surface area contributed by atoms with Crippen LogP contribution in [0.3, 0.4) is 0 Å². The van der Waals surface area contributed by atoms with Gasteiger partial charge in [0.15, 0.2) is 11.3 Å². The highest BCUT2D eigenvalue weighted by Gasteiger charge is 2.10. The van der Waals surface area contributed by atoms with E-state index in [4.69, 9.17) is 26.5 Å². The molecule has 102 valence electrons. The Morgan fingerprint density at radius 3 is 2.85 bits per heavy atom. The summed E-state index contributed by atoms with van der Waals surface area (Å²) in [6, 6.07) is 8.58. The number of aromatic nitrogens is 1. The van der Waals surface area contributed by atoms with Gasteiger partial charge in [0.05, 0.1) is 16.2 Å². The third-order valence-electron chi connectivity index (χ3n) is 2.86. The molecule has 3 N–H and O–H groups in total. The lowest BCUT2D eigenvalue weighted by molar-refractivity contribution is 0.485. The van der Waals surface area contributed by atoms with E-state index in [1.807, 2.05) is 19.1 Å². The van der Waals surface area contributed by atoms with Crippen LogP contribution in [0.2, 0.25) is 5.02 Å². The second-order valence-corrected chi connectivity index (χ2v) is 4.84. The minimum atomic E-state index is -0.537. The van der Waals surface area contributed by atoms with E-state index in [0.29, 0.717) is 33.3 Å². The lowest BCUT2D eigenvalue weighted by Crippen LogP contribution is -1.94. The van der Waals surface area contributed by atoms with Gasteiger partial charge in [-0.25, -0.2) is 4.79 Å². The van der Waals surface area contributed by atoms with E-state index in [1.165, 1.54) is 6.07 Å². The number of aromatic amines is 1. The Morgan fingerprint density at radius 1 is 1.25 bits per heavy atom. The third-order valence-corrected chi connectivity index (χ3v) is 3.17. The molecule has 1 heterocycles. The number of halogens is 1. The third kappa shape index (κ3) is 2.23. The number of ether oxygens (including phenoxy) is 1. The van der Waals surface area contributed by atoms with Crippen molar-refractivity contribution in [2.24, 2.45) is 0 Å². The summed E-state index contributed by atoms with van der Waals surface area (Å²) >= 11 is 6.08. The molecule has 0 amide bonds. The van der Waals surface area contributed by atoms with Crippen molar-refractivity contribution < 1.29 is 9.15 Å². The molecule has 0 spiro atoms. The van der Waals surface area contributed by atoms with Crippen LogP contribution in [0.15, 0.2) is 39.5 Å². The Kier molecular flexibility index (Phi) is 2.91. The van der Waals surface area contributed by atoms with Crippen molar-refractivity contribution in [3.05, 3.63) is 51.5 Å². The number of nitrogens with two attached hydrogens (primary N) is 1. The highest BCUT2D eigenvalue weighted by atomic mass is 35.5. The maximum absolute atomic E-state index is 11.1. The molecule has 0 bridgehead atoms.